The van der Waals surface area contributed by atoms with Gasteiger partial charge in [-0.2, -0.15) is 0 Å². The number of Topliss-reactive ketones (excluding diaryl/α,β-unsaturated/α-hetero) is 1. The number of halogens is 1. The van der Waals surface area contributed by atoms with Crippen molar-refractivity contribution in [2.75, 3.05) is 6.79 Å². The largest absolute Gasteiger partial charge is 0.459 e. The molecule has 6 nitrogen and oxygen atoms in total. The molecule has 1 N–H and O–H groups in total. The standard InChI is InChI=1S/C29H28ClNO5/c1-16-26(29(33)36-19-9-5-6-10-19)27(20-13-24-25(14-21(20)30)35-15-34-24)28-22(31-16)11-18(12-23(28)32)17-7-3-2-4-8-17/h2-4,7-8,13-14,18-19,27,31H,5-6,9-12,15H2,1H3/t18-,27+/m0/s1. The number of rotatable bonds is 4. The van der Waals surface area contributed by atoms with Gasteiger partial charge in [0.2, 0.25) is 6.79 Å². The number of allylic oxidation sites excluding steroid dienone is 3. The van der Waals surface area contributed by atoms with Crippen LogP contribution in [0.1, 0.15) is 68.4 Å². The van der Waals surface area contributed by atoms with Crippen LogP contribution < -0.4 is 14.8 Å². The van der Waals surface area contributed by atoms with Crippen LogP contribution in [0.4, 0.5) is 0 Å². The number of dihydropyridines is 1. The highest BCUT2D eigenvalue weighted by Gasteiger charge is 2.43. The minimum Gasteiger partial charge on any atom is -0.459 e. The number of esters is 1. The Kier molecular flexibility index (Phi) is 6.00. The molecule has 2 aliphatic heterocycles. The van der Waals surface area contributed by atoms with Gasteiger partial charge in [0.25, 0.3) is 0 Å². The van der Waals surface area contributed by atoms with E-state index in [4.69, 9.17) is 25.8 Å². The number of benzene rings is 2. The molecular weight excluding hydrogens is 478 g/mol. The van der Waals surface area contributed by atoms with E-state index in [1.165, 1.54) is 0 Å². The Hall–Kier alpha value is -3.25. The first-order chi connectivity index (χ1) is 17.5. The van der Waals surface area contributed by atoms with Gasteiger partial charge < -0.3 is 19.5 Å². The second kappa shape index (κ2) is 9.32. The molecule has 1 saturated carbocycles. The maximum Gasteiger partial charge on any atom is 0.337 e. The molecule has 0 bridgehead atoms. The highest BCUT2D eigenvalue weighted by atomic mass is 35.5. The van der Waals surface area contributed by atoms with Crippen LogP contribution in [-0.2, 0) is 14.3 Å². The van der Waals surface area contributed by atoms with Gasteiger partial charge in [-0.15, -0.1) is 0 Å². The fraction of sp³-hybridized carbons (Fsp3) is 0.379. The third-order valence-electron chi connectivity index (χ3n) is 7.70. The third-order valence-corrected chi connectivity index (χ3v) is 8.02. The fourth-order valence-corrected chi connectivity index (χ4v) is 6.22. The van der Waals surface area contributed by atoms with E-state index in [0.29, 0.717) is 51.8 Å². The number of ether oxygens (including phenoxy) is 3. The SMILES string of the molecule is CC1=C(C(=O)OC2CCCC2)[C@@H](c2cc3c(cc2Cl)OCO3)C2=C(C[C@H](c3ccccc3)CC2=O)N1. The lowest BCUT2D eigenvalue weighted by atomic mass is 9.71. The van der Waals surface area contributed by atoms with Crippen molar-refractivity contribution in [3.63, 3.8) is 0 Å². The van der Waals surface area contributed by atoms with Crippen LogP contribution in [-0.4, -0.2) is 24.6 Å². The maximum absolute atomic E-state index is 13.8. The third kappa shape index (κ3) is 4.07. The molecule has 0 saturated heterocycles. The molecule has 4 aliphatic rings. The minimum absolute atomic E-state index is 0.00926. The highest BCUT2D eigenvalue weighted by molar-refractivity contribution is 6.32. The van der Waals surface area contributed by atoms with E-state index >= 15 is 0 Å². The first-order valence-electron chi connectivity index (χ1n) is 12.6. The van der Waals surface area contributed by atoms with E-state index in [0.717, 1.165) is 36.9 Å². The zero-order valence-corrected chi connectivity index (χ0v) is 20.9. The average molecular weight is 506 g/mol. The van der Waals surface area contributed by atoms with Crippen molar-refractivity contribution in [2.24, 2.45) is 0 Å². The summed E-state index contributed by atoms with van der Waals surface area (Å²) in [7, 11) is 0. The van der Waals surface area contributed by atoms with Crippen molar-refractivity contribution in [3.8, 4) is 11.5 Å². The van der Waals surface area contributed by atoms with Crippen molar-refractivity contribution in [3.05, 3.63) is 81.2 Å². The van der Waals surface area contributed by atoms with Crippen LogP contribution in [0.5, 0.6) is 11.5 Å². The van der Waals surface area contributed by atoms with Crippen molar-refractivity contribution in [2.45, 2.75) is 63.4 Å². The van der Waals surface area contributed by atoms with Gasteiger partial charge in [-0.1, -0.05) is 41.9 Å². The van der Waals surface area contributed by atoms with Crippen molar-refractivity contribution < 1.29 is 23.8 Å². The fourth-order valence-electron chi connectivity index (χ4n) is 5.96. The Labute approximate surface area is 215 Å². The molecule has 0 aromatic heterocycles. The Morgan fingerprint density at radius 3 is 2.53 bits per heavy atom. The minimum atomic E-state index is -0.638. The molecule has 7 heteroatoms. The van der Waals surface area contributed by atoms with E-state index in [2.05, 4.69) is 17.4 Å². The number of carbonyl (C=O) groups is 2. The van der Waals surface area contributed by atoms with Crippen LogP contribution in [0.2, 0.25) is 5.02 Å². The molecule has 2 aromatic carbocycles. The summed E-state index contributed by atoms with van der Waals surface area (Å²) in [4.78, 5) is 27.4. The summed E-state index contributed by atoms with van der Waals surface area (Å²) in [5.41, 5.74) is 4.34. The first-order valence-corrected chi connectivity index (χ1v) is 13.0. The quantitative estimate of drug-likeness (QED) is 0.520. The van der Waals surface area contributed by atoms with Gasteiger partial charge in [-0.3, -0.25) is 4.79 Å². The molecule has 2 aliphatic carbocycles. The van der Waals surface area contributed by atoms with Gasteiger partial charge in [-0.25, -0.2) is 4.79 Å². The van der Waals surface area contributed by atoms with E-state index in [1.807, 2.05) is 25.1 Å². The molecule has 0 radical (unpaired) electrons. The molecule has 186 valence electrons. The molecule has 2 heterocycles. The lowest BCUT2D eigenvalue weighted by Gasteiger charge is -2.37. The van der Waals surface area contributed by atoms with Crippen LogP contribution in [0.25, 0.3) is 0 Å². The van der Waals surface area contributed by atoms with Crippen molar-refractivity contribution in [1.82, 2.24) is 5.32 Å². The van der Waals surface area contributed by atoms with Crippen LogP contribution in [0.3, 0.4) is 0 Å². The van der Waals surface area contributed by atoms with E-state index in [1.54, 1.807) is 12.1 Å². The summed E-state index contributed by atoms with van der Waals surface area (Å²) in [5, 5.41) is 3.84. The molecule has 0 unspecified atom stereocenters. The predicted molar refractivity (Wildman–Crippen MR) is 135 cm³/mol. The summed E-state index contributed by atoms with van der Waals surface area (Å²) in [6.45, 7) is 1.98. The summed E-state index contributed by atoms with van der Waals surface area (Å²) < 4.78 is 17.1. The zero-order chi connectivity index (χ0) is 24.8. The van der Waals surface area contributed by atoms with Crippen molar-refractivity contribution >= 4 is 23.4 Å². The molecule has 0 amide bonds. The monoisotopic (exact) mass is 505 g/mol. The zero-order valence-electron chi connectivity index (χ0n) is 20.1. The summed E-state index contributed by atoms with van der Waals surface area (Å²) in [6, 6.07) is 13.6. The number of fused-ring (bicyclic) bond motifs is 1. The van der Waals surface area contributed by atoms with E-state index in [-0.39, 0.29) is 24.6 Å². The topological polar surface area (TPSA) is 73.9 Å². The Morgan fingerprint density at radius 1 is 1.06 bits per heavy atom. The Bertz CT molecular complexity index is 1290. The van der Waals surface area contributed by atoms with Gasteiger partial charge in [0.1, 0.15) is 6.10 Å². The first kappa shape index (κ1) is 23.2. The highest BCUT2D eigenvalue weighted by Crippen LogP contribution is 2.49. The van der Waals surface area contributed by atoms with Crippen LogP contribution in [0.15, 0.2) is 65.0 Å². The van der Waals surface area contributed by atoms with Crippen LogP contribution in [0, 0.1) is 0 Å². The lowest BCUT2D eigenvalue weighted by Crippen LogP contribution is -2.36. The molecule has 0 spiro atoms. The Morgan fingerprint density at radius 2 is 1.78 bits per heavy atom. The lowest BCUT2D eigenvalue weighted by molar-refractivity contribution is -0.144. The second-order valence-corrected chi connectivity index (χ2v) is 10.4. The number of carbonyl (C=O) groups excluding carboxylic acids is 2. The summed E-state index contributed by atoms with van der Waals surface area (Å²) in [5.74, 6) is 0.160. The second-order valence-electron chi connectivity index (χ2n) is 9.97. The normalized spacial score (nSPS) is 23.6. The average Bonchev–Trinajstić information content (AvgIpc) is 3.54. The summed E-state index contributed by atoms with van der Waals surface area (Å²) >= 11 is 6.77. The molecule has 2 atom stereocenters. The van der Waals surface area contributed by atoms with Crippen molar-refractivity contribution in [1.29, 1.82) is 0 Å². The van der Waals surface area contributed by atoms with Gasteiger partial charge in [-0.05, 0) is 62.1 Å². The molecule has 36 heavy (non-hydrogen) atoms. The van der Waals surface area contributed by atoms with Gasteiger partial charge >= 0.3 is 5.97 Å². The maximum atomic E-state index is 13.8. The smallest absolute Gasteiger partial charge is 0.337 e. The summed E-state index contributed by atoms with van der Waals surface area (Å²) in [6.07, 6.45) is 4.80. The number of hydrogen-bond donors (Lipinski definition) is 1. The Balaban J connectivity index is 1.44. The van der Waals surface area contributed by atoms with Gasteiger partial charge in [0, 0.05) is 40.4 Å². The number of ketones is 1. The number of nitrogens with one attached hydrogen (secondary N) is 1. The molecule has 2 aromatic rings. The van der Waals surface area contributed by atoms with E-state index < -0.39 is 11.9 Å². The molecular formula is C29H28ClNO5. The van der Waals surface area contributed by atoms with E-state index in [9.17, 15) is 9.59 Å². The van der Waals surface area contributed by atoms with Gasteiger partial charge in [0.15, 0.2) is 17.3 Å². The van der Waals surface area contributed by atoms with Gasteiger partial charge in [0.05, 0.1) is 5.57 Å². The predicted octanol–water partition coefficient (Wildman–Crippen LogP) is 5.92. The molecule has 1 fully saturated rings. The van der Waals surface area contributed by atoms with Crippen LogP contribution >= 0.6 is 11.6 Å². The number of hydrogen-bond acceptors (Lipinski definition) is 6. The molecule has 6 rings (SSSR count).